The number of hydrogen-bond acceptors (Lipinski definition) is 4. The van der Waals surface area contributed by atoms with E-state index in [-0.39, 0.29) is 5.91 Å². The van der Waals surface area contributed by atoms with E-state index in [0.717, 1.165) is 34.6 Å². The Bertz CT molecular complexity index is 991. The van der Waals surface area contributed by atoms with Gasteiger partial charge in [0, 0.05) is 24.0 Å². The number of carbonyl (C=O) groups excluding carboxylic acids is 1. The lowest BCUT2D eigenvalue weighted by molar-refractivity contribution is -0.119. The minimum absolute atomic E-state index is 0.0922. The number of fused-ring (bicyclic) bond motifs is 1. The van der Waals surface area contributed by atoms with Gasteiger partial charge >= 0.3 is 0 Å². The van der Waals surface area contributed by atoms with Gasteiger partial charge in [0.25, 0.3) is 0 Å². The van der Waals surface area contributed by atoms with E-state index < -0.39 is 0 Å². The molecule has 0 aliphatic heterocycles. The van der Waals surface area contributed by atoms with Gasteiger partial charge in [-0.3, -0.25) is 4.79 Å². The number of aromatic nitrogens is 3. The van der Waals surface area contributed by atoms with Crippen molar-refractivity contribution in [2.45, 2.75) is 57.0 Å². The number of amides is 1. The summed E-state index contributed by atoms with van der Waals surface area (Å²) in [4.78, 5) is 16.8. The number of carbonyl (C=O) groups is 1. The van der Waals surface area contributed by atoms with Crippen LogP contribution in [0.4, 0.5) is 0 Å². The first-order chi connectivity index (χ1) is 13.6. The summed E-state index contributed by atoms with van der Waals surface area (Å²) >= 11 is 1.48. The number of rotatable bonds is 5. The average molecular weight is 395 g/mol. The third kappa shape index (κ3) is 4.22. The normalized spacial score (nSPS) is 15.1. The molecule has 1 amide bonds. The van der Waals surface area contributed by atoms with E-state index in [0.29, 0.717) is 11.8 Å². The van der Waals surface area contributed by atoms with Crippen LogP contribution in [0.3, 0.4) is 0 Å². The highest BCUT2D eigenvalue weighted by Gasteiger charge is 2.17. The standard InChI is InChI=1S/C22H26N4OS/c1-15-8-9-17(12-16(15)2)19-13-20-22(23-10-11-26(20)25-19)28-14-21(27)24-18-6-4-3-5-7-18/h8-13,18H,3-7,14H2,1-2H3,(H,24,27). The molecule has 1 aromatic carbocycles. The lowest BCUT2D eigenvalue weighted by Crippen LogP contribution is -2.37. The molecule has 1 N–H and O–H groups in total. The van der Waals surface area contributed by atoms with Gasteiger partial charge in [0.1, 0.15) is 5.03 Å². The zero-order chi connectivity index (χ0) is 19.5. The summed E-state index contributed by atoms with van der Waals surface area (Å²) in [6.07, 6.45) is 9.53. The fraction of sp³-hybridized carbons (Fsp3) is 0.409. The molecule has 0 saturated heterocycles. The molecule has 0 unspecified atom stereocenters. The fourth-order valence-electron chi connectivity index (χ4n) is 3.70. The van der Waals surface area contributed by atoms with Crippen LogP contribution in [0.15, 0.2) is 41.7 Å². The van der Waals surface area contributed by atoms with Gasteiger partial charge in [-0.1, -0.05) is 43.2 Å². The molecule has 1 aliphatic rings. The lowest BCUT2D eigenvalue weighted by atomic mass is 9.95. The van der Waals surface area contributed by atoms with E-state index in [4.69, 9.17) is 5.10 Å². The summed E-state index contributed by atoms with van der Waals surface area (Å²) in [5.74, 6) is 0.474. The highest BCUT2D eigenvalue weighted by atomic mass is 32.2. The van der Waals surface area contributed by atoms with Crippen molar-refractivity contribution in [2.24, 2.45) is 0 Å². The Labute approximate surface area is 169 Å². The first kappa shape index (κ1) is 19.0. The van der Waals surface area contributed by atoms with E-state index in [9.17, 15) is 4.79 Å². The van der Waals surface area contributed by atoms with Crippen LogP contribution in [0.2, 0.25) is 0 Å². The Morgan fingerprint density at radius 3 is 2.79 bits per heavy atom. The van der Waals surface area contributed by atoms with Crippen LogP contribution < -0.4 is 5.32 Å². The van der Waals surface area contributed by atoms with Gasteiger partial charge in [0.15, 0.2) is 0 Å². The molecule has 1 fully saturated rings. The minimum atomic E-state index is 0.0922. The number of benzene rings is 1. The molecule has 1 saturated carbocycles. The highest BCUT2D eigenvalue weighted by Crippen LogP contribution is 2.27. The van der Waals surface area contributed by atoms with Gasteiger partial charge in [-0.05, 0) is 49.9 Å². The van der Waals surface area contributed by atoms with Crippen molar-refractivity contribution < 1.29 is 4.79 Å². The second-order valence-corrected chi connectivity index (χ2v) is 8.55. The van der Waals surface area contributed by atoms with E-state index >= 15 is 0 Å². The van der Waals surface area contributed by atoms with Crippen LogP contribution in [0.25, 0.3) is 16.8 Å². The Morgan fingerprint density at radius 2 is 2.00 bits per heavy atom. The topological polar surface area (TPSA) is 59.3 Å². The first-order valence-electron chi connectivity index (χ1n) is 9.94. The maximum atomic E-state index is 12.3. The second-order valence-electron chi connectivity index (χ2n) is 7.58. The molecule has 1 aliphatic carbocycles. The van der Waals surface area contributed by atoms with Crippen molar-refractivity contribution in [2.75, 3.05) is 5.75 Å². The fourth-order valence-corrected chi connectivity index (χ4v) is 4.49. The zero-order valence-corrected chi connectivity index (χ0v) is 17.3. The molecule has 2 heterocycles. The van der Waals surface area contributed by atoms with Gasteiger partial charge in [0.2, 0.25) is 5.91 Å². The summed E-state index contributed by atoms with van der Waals surface area (Å²) < 4.78 is 1.85. The van der Waals surface area contributed by atoms with Gasteiger partial charge in [0.05, 0.1) is 17.0 Å². The molecule has 0 radical (unpaired) electrons. The Morgan fingerprint density at radius 1 is 1.18 bits per heavy atom. The lowest BCUT2D eigenvalue weighted by Gasteiger charge is -2.22. The predicted molar refractivity (Wildman–Crippen MR) is 114 cm³/mol. The highest BCUT2D eigenvalue weighted by molar-refractivity contribution is 8.00. The zero-order valence-electron chi connectivity index (χ0n) is 16.4. The Hall–Kier alpha value is -2.34. The molecule has 0 atom stereocenters. The number of thioether (sulfide) groups is 1. The van der Waals surface area contributed by atoms with Crippen molar-refractivity contribution in [1.82, 2.24) is 19.9 Å². The molecular weight excluding hydrogens is 368 g/mol. The van der Waals surface area contributed by atoms with Crippen LogP contribution in [0.1, 0.15) is 43.2 Å². The molecule has 3 aromatic rings. The maximum Gasteiger partial charge on any atom is 0.230 e. The van der Waals surface area contributed by atoms with Crippen molar-refractivity contribution >= 4 is 23.2 Å². The van der Waals surface area contributed by atoms with Crippen LogP contribution in [-0.2, 0) is 4.79 Å². The summed E-state index contributed by atoms with van der Waals surface area (Å²) in [7, 11) is 0. The Balaban J connectivity index is 1.49. The van der Waals surface area contributed by atoms with E-state index in [1.54, 1.807) is 6.20 Å². The summed E-state index contributed by atoms with van der Waals surface area (Å²) in [5.41, 5.74) is 5.48. The summed E-state index contributed by atoms with van der Waals surface area (Å²) in [6.45, 7) is 4.22. The molecular formula is C22H26N4OS. The van der Waals surface area contributed by atoms with Crippen molar-refractivity contribution in [3.05, 3.63) is 47.8 Å². The molecule has 0 bridgehead atoms. The third-order valence-corrected chi connectivity index (χ3v) is 6.46. The molecule has 2 aromatic heterocycles. The molecule has 6 heteroatoms. The first-order valence-corrected chi connectivity index (χ1v) is 10.9. The van der Waals surface area contributed by atoms with Crippen molar-refractivity contribution in [3.8, 4) is 11.3 Å². The quantitative estimate of drug-likeness (QED) is 0.645. The molecule has 4 rings (SSSR count). The van der Waals surface area contributed by atoms with Crippen LogP contribution >= 0.6 is 11.8 Å². The van der Waals surface area contributed by atoms with Crippen molar-refractivity contribution in [3.63, 3.8) is 0 Å². The van der Waals surface area contributed by atoms with E-state index in [1.165, 1.54) is 42.2 Å². The van der Waals surface area contributed by atoms with E-state index in [2.05, 4.69) is 48.4 Å². The smallest absolute Gasteiger partial charge is 0.230 e. The molecule has 5 nitrogen and oxygen atoms in total. The van der Waals surface area contributed by atoms with Gasteiger partial charge in [-0.25, -0.2) is 9.50 Å². The Kier molecular flexibility index (Phi) is 5.67. The average Bonchev–Trinajstić information content (AvgIpc) is 3.14. The van der Waals surface area contributed by atoms with Gasteiger partial charge in [-0.2, -0.15) is 5.10 Å². The number of nitrogens with zero attached hydrogens (tertiary/aromatic N) is 3. The predicted octanol–water partition coefficient (Wildman–Crippen LogP) is 4.55. The molecule has 0 spiro atoms. The number of hydrogen-bond donors (Lipinski definition) is 1. The molecule has 28 heavy (non-hydrogen) atoms. The largest absolute Gasteiger partial charge is 0.353 e. The van der Waals surface area contributed by atoms with Crippen LogP contribution in [-0.4, -0.2) is 32.3 Å². The summed E-state index contributed by atoms with van der Waals surface area (Å²) in [6, 6.07) is 8.78. The SMILES string of the molecule is Cc1ccc(-c2cc3c(SCC(=O)NC4CCCCC4)nccn3n2)cc1C. The molecule has 146 valence electrons. The van der Waals surface area contributed by atoms with Crippen LogP contribution in [0.5, 0.6) is 0 Å². The number of aryl methyl sites for hydroxylation is 2. The van der Waals surface area contributed by atoms with Crippen molar-refractivity contribution in [1.29, 1.82) is 0 Å². The summed E-state index contributed by atoms with van der Waals surface area (Å²) in [5, 5.41) is 8.70. The van der Waals surface area contributed by atoms with Gasteiger partial charge < -0.3 is 5.32 Å². The monoisotopic (exact) mass is 394 g/mol. The number of nitrogens with one attached hydrogen (secondary N) is 1. The third-order valence-electron chi connectivity index (χ3n) is 5.47. The van der Waals surface area contributed by atoms with Gasteiger partial charge in [-0.15, -0.1) is 0 Å². The van der Waals surface area contributed by atoms with Crippen LogP contribution in [0, 0.1) is 13.8 Å². The minimum Gasteiger partial charge on any atom is -0.353 e. The second kappa shape index (κ2) is 8.35. The maximum absolute atomic E-state index is 12.3. The van der Waals surface area contributed by atoms with E-state index in [1.807, 2.05) is 10.7 Å².